The first-order valence-corrected chi connectivity index (χ1v) is 6.67. The van der Waals surface area contributed by atoms with Gasteiger partial charge in [0.2, 0.25) is 0 Å². The average Bonchev–Trinajstić information content (AvgIpc) is 2.50. The second-order valence-electron chi connectivity index (χ2n) is 4.65. The Hall–Kier alpha value is -2.88. The lowest BCUT2D eigenvalue weighted by Gasteiger charge is -2.08. The normalized spacial score (nSPS) is 10.7. The van der Waals surface area contributed by atoms with Gasteiger partial charge < -0.3 is 5.32 Å². The predicted molar refractivity (Wildman–Crippen MR) is 77.0 cm³/mol. The third-order valence-electron chi connectivity index (χ3n) is 2.97. The van der Waals surface area contributed by atoms with E-state index in [0.29, 0.717) is 6.07 Å². The summed E-state index contributed by atoms with van der Waals surface area (Å²) in [6.07, 6.45) is -4.54. The van der Waals surface area contributed by atoms with Gasteiger partial charge in [-0.25, -0.2) is 8.78 Å². The van der Waals surface area contributed by atoms with Crippen LogP contribution in [0.5, 0.6) is 0 Å². The van der Waals surface area contributed by atoms with E-state index in [1.165, 1.54) is 18.2 Å². The van der Waals surface area contributed by atoms with E-state index in [2.05, 4.69) is 17.2 Å². The van der Waals surface area contributed by atoms with Crippen molar-refractivity contribution in [1.29, 1.82) is 0 Å². The van der Waals surface area contributed by atoms with Crippen LogP contribution in [0.15, 0.2) is 42.5 Å². The Bertz CT molecular complexity index is 818. The molecule has 24 heavy (non-hydrogen) atoms. The molecule has 124 valence electrons. The van der Waals surface area contributed by atoms with Crippen LogP contribution in [0.4, 0.5) is 22.0 Å². The summed E-state index contributed by atoms with van der Waals surface area (Å²) in [5.41, 5.74) is -1.49. The summed E-state index contributed by atoms with van der Waals surface area (Å²) in [5.74, 6) is 1.97. The first kappa shape index (κ1) is 17.5. The van der Waals surface area contributed by atoms with Crippen LogP contribution in [-0.2, 0) is 6.18 Å². The van der Waals surface area contributed by atoms with E-state index in [9.17, 15) is 26.7 Å². The number of hydrogen-bond donors (Lipinski definition) is 1. The van der Waals surface area contributed by atoms with Crippen LogP contribution in [0.3, 0.4) is 0 Å². The zero-order valence-electron chi connectivity index (χ0n) is 12.0. The number of halogens is 5. The van der Waals surface area contributed by atoms with E-state index in [4.69, 9.17) is 0 Å². The van der Waals surface area contributed by atoms with E-state index < -0.39 is 29.3 Å². The minimum absolute atomic E-state index is 0.229. The van der Waals surface area contributed by atoms with Crippen molar-refractivity contribution in [3.05, 3.63) is 70.8 Å². The number of amides is 1. The summed E-state index contributed by atoms with van der Waals surface area (Å²) in [6, 6.07) is 7.20. The summed E-state index contributed by atoms with van der Waals surface area (Å²) in [4.78, 5) is 11.7. The molecule has 2 aromatic rings. The summed E-state index contributed by atoms with van der Waals surface area (Å²) >= 11 is 0. The summed E-state index contributed by atoms with van der Waals surface area (Å²) < 4.78 is 64.5. The van der Waals surface area contributed by atoms with Gasteiger partial charge in [0, 0.05) is 11.6 Å². The Kier molecular flexibility index (Phi) is 5.19. The van der Waals surface area contributed by atoms with Gasteiger partial charge in [-0.05, 0) is 24.3 Å². The average molecular weight is 339 g/mol. The molecule has 2 rings (SSSR count). The standard InChI is InChI=1S/C17H10F5NO/c18-12-7-8-13(15(19)10-12)16(24)23-9-3-5-11-4-1-2-6-14(11)17(20,21)22/h1-2,4,6-8,10H,9H2,(H,23,24). The molecule has 0 aliphatic heterocycles. The summed E-state index contributed by atoms with van der Waals surface area (Å²) in [6.45, 7) is -0.290. The van der Waals surface area contributed by atoms with E-state index in [1.807, 2.05) is 0 Å². The zero-order valence-corrected chi connectivity index (χ0v) is 12.0. The maximum atomic E-state index is 13.4. The first-order chi connectivity index (χ1) is 11.3. The maximum absolute atomic E-state index is 13.4. The van der Waals surface area contributed by atoms with Gasteiger partial charge in [0.15, 0.2) is 0 Å². The van der Waals surface area contributed by atoms with Crippen LogP contribution in [-0.4, -0.2) is 12.5 Å². The lowest BCUT2D eigenvalue weighted by Crippen LogP contribution is -2.24. The molecular formula is C17H10F5NO. The molecule has 0 unspecified atom stereocenters. The van der Waals surface area contributed by atoms with Crippen LogP contribution in [0.25, 0.3) is 0 Å². The van der Waals surface area contributed by atoms with Gasteiger partial charge in [-0.15, -0.1) is 0 Å². The van der Waals surface area contributed by atoms with Crippen molar-refractivity contribution >= 4 is 5.91 Å². The highest BCUT2D eigenvalue weighted by atomic mass is 19.4. The first-order valence-electron chi connectivity index (χ1n) is 6.67. The number of carbonyl (C=O) groups is 1. The summed E-state index contributed by atoms with van der Waals surface area (Å²) in [5, 5.41) is 2.23. The van der Waals surface area contributed by atoms with Gasteiger partial charge in [0.05, 0.1) is 17.7 Å². The highest BCUT2D eigenvalue weighted by Crippen LogP contribution is 2.31. The predicted octanol–water partition coefficient (Wildman–Crippen LogP) is 3.77. The Morgan fingerprint density at radius 1 is 1.08 bits per heavy atom. The van der Waals surface area contributed by atoms with Gasteiger partial charge >= 0.3 is 6.18 Å². The van der Waals surface area contributed by atoms with Crippen molar-refractivity contribution in [3.8, 4) is 11.8 Å². The van der Waals surface area contributed by atoms with Crippen molar-refractivity contribution in [2.24, 2.45) is 0 Å². The maximum Gasteiger partial charge on any atom is 0.417 e. The number of rotatable bonds is 2. The molecule has 0 bridgehead atoms. The van der Waals surface area contributed by atoms with Crippen molar-refractivity contribution < 1.29 is 26.7 Å². The van der Waals surface area contributed by atoms with Gasteiger partial charge in [0.25, 0.3) is 5.91 Å². The molecule has 0 saturated heterocycles. The molecule has 0 fully saturated rings. The lowest BCUT2D eigenvalue weighted by atomic mass is 10.1. The number of benzene rings is 2. The molecule has 2 nitrogen and oxygen atoms in total. The highest BCUT2D eigenvalue weighted by molar-refractivity contribution is 5.94. The van der Waals surface area contributed by atoms with Crippen molar-refractivity contribution in [3.63, 3.8) is 0 Å². The van der Waals surface area contributed by atoms with Crippen LogP contribution in [0, 0.1) is 23.5 Å². The van der Waals surface area contributed by atoms with Crippen molar-refractivity contribution in [2.75, 3.05) is 6.54 Å². The number of hydrogen-bond acceptors (Lipinski definition) is 1. The molecule has 0 spiro atoms. The number of carbonyl (C=O) groups excluding carboxylic acids is 1. The fourth-order valence-electron chi connectivity index (χ4n) is 1.87. The second kappa shape index (κ2) is 7.13. The minimum Gasteiger partial charge on any atom is -0.341 e. The number of nitrogens with one attached hydrogen (secondary N) is 1. The smallest absolute Gasteiger partial charge is 0.341 e. The van der Waals surface area contributed by atoms with E-state index in [-0.39, 0.29) is 17.7 Å². The van der Waals surface area contributed by atoms with Crippen LogP contribution in [0.2, 0.25) is 0 Å². The van der Waals surface area contributed by atoms with Crippen molar-refractivity contribution in [2.45, 2.75) is 6.18 Å². The summed E-state index contributed by atoms with van der Waals surface area (Å²) in [7, 11) is 0. The Morgan fingerprint density at radius 3 is 2.46 bits per heavy atom. The molecular weight excluding hydrogens is 329 g/mol. The molecule has 0 heterocycles. The molecule has 0 aromatic heterocycles. The second-order valence-corrected chi connectivity index (χ2v) is 4.65. The molecule has 1 amide bonds. The molecule has 0 saturated carbocycles. The largest absolute Gasteiger partial charge is 0.417 e. The van der Waals surface area contributed by atoms with Crippen LogP contribution >= 0.6 is 0 Å². The monoisotopic (exact) mass is 339 g/mol. The lowest BCUT2D eigenvalue weighted by molar-refractivity contribution is -0.137. The molecule has 0 aliphatic carbocycles. The fraction of sp³-hybridized carbons (Fsp3) is 0.118. The third-order valence-corrected chi connectivity index (χ3v) is 2.97. The zero-order chi connectivity index (χ0) is 17.7. The Balaban J connectivity index is 2.06. The van der Waals surface area contributed by atoms with Gasteiger partial charge in [0.1, 0.15) is 11.6 Å². The molecule has 0 atom stereocenters. The Labute approximate surface area is 134 Å². The molecule has 2 aromatic carbocycles. The molecule has 7 heteroatoms. The third kappa shape index (κ3) is 4.32. The molecule has 0 radical (unpaired) electrons. The van der Waals surface area contributed by atoms with Gasteiger partial charge in [-0.1, -0.05) is 24.0 Å². The van der Waals surface area contributed by atoms with Crippen molar-refractivity contribution in [1.82, 2.24) is 5.32 Å². The quantitative estimate of drug-likeness (QED) is 0.655. The molecule has 0 aliphatic rings. The Morgan fingerprint density at radius 2 is 1.79 bits per heavy atom. The van der Waals surface area contributed by atoms with Gasteiger partial charge in [-0.3, -0.25) is 4.79 Å². The van der Waals surface area contributed by atoms with E-state index in [1.54, 1.807) is 0 Å². The fourth-order valence-corrected chi connectivity index (χ4v) is 1.87. The number of alkyl halides is 3. The van der Waals surface area contributed by atoms with E-state index >= 15 is 0 Å². The van der Waals surface area contributed by atoms with Gasteiger partial charge in [-0.2, -0.15) is 13.2 Å². The van der Waals surface area contributed by atoms with Crippen LogP contribution < -0.4 is 5.32 Å². The molecule has 1 N–H and O–H groups in total. The van der Waals surface area contributed by atoms with Crippen LogP contribution in [0.1, 0.15) is 21.5 Å². The van der Waals surface area contributed by atoms with E-state index in [0.717, 1.165) is 18.2 Å². The SMILES string of the molecule is O=C(NCC#Cc1ccccc1C(F)(F)F)c1ccc(F)cc1F. The topological polar surface area (TPSA) is 29.1 Å². The minimum atomic E-state index is -4.54. The highest BCUT2D eigenvalue weighted by Gasteiger charge is 2.32.